The average Bonchev–Trinajstić information content (AvgIpc) is 2.62. The number of likely N-dealkylation sites (tertiary alicyclic amines) is 1. The molecule has 1 aromatic heterocycles. The predicted octanol–water partition coefficient (Wildman–Crippen LogP) is 0.939. The number of thiophene rings is 1. The van der Waals surface area contributed by atoms with Gasteiger partial charge in [0.05, 0.1) is 16.5 Å². The Balaban J connectivity index is 1.93. The number of hydrogen-bond donors (Lipinski definition) is 2. The van der Waals surface area contributed by atoms with Crippen molar-refractivity contribution in [1.29, 1.82) is 0 Å². The molecule has 2 N–H and O–H groups in total. The molecule has 1 fully saturated rings. The molecule has 3 nitrogen and oxygen atoms in total. The predicted molar refractivity (Wildman–Crippen MR) is 56.6 cm³/mol. The van der Waals surface area contributed by atoms with Crippen LogP contribution in [-0.4, -0.2) is 40.4 Å². The summed E-state index contributed by atoms with van der Waals surface area (Å²) >= 11 is 7.31. The molecule has 5 heteroatoms. The monoisotopic (exact) mass is 233 g/mol. The zero-order valence-corrected chi connectivity index (χ0v) is 9.13. The summed E-state index contributed by atoms with van der Waals surface area (Å²) in [7, 11) is 0. The highest BCUT2D eigenvalue weighted by atomic mass is 35.5. The molecule has 2 atom stereocenters. The molecule has 14 heavy (non-hydrogen) atoms. The van der Waals surface area contributed by atoms with Gasteiger partial charge in [0, 0.05) is 19.6 Å². The molecule has 1 saturated heterocycles. The van der Waals surface area contributed by atoms with Gasteiger partial charge in [0.25, 0.3) is 0 Å². The number of β-amino-alcohol motifs (C(OH)–C–C–N with tert-alkyl or cyclic N) is 2. The molecule has 1 aliphatic rings. The number of aliphatic hydroxyl groups is 2. The van der Waals surface area contributed by atoms with Gasteiger partial charge in [-0.25, -0.2) is 0 Å². The van der Waals surface area contributed by atoms with Crippen LogP contribution in [0.3, 0.4) is 0 Å². The molecule has 0 unspecified atom stereocenters. The van der Waals surface area contributed by atoms with Crippen LogP contribution in [0.1, 0.15) is 5.56 Å². The summed E-state index contributed by atoms with van der Waals surface area (Å²) in [6, 6.07) is 1.92. The SMILES string of the molecule is O[C@@H]1CN(Cc2csc(Cl)c2)C[C@@H]1O. The molecule has 0 amide bonds. The Hall–Kier alpha value is -0.130. The van der Waals surface area contributed by atoms with Crippen molar-refractivity contribution in [2.24, 2.45) is 0 Å². The lowest BCUT2D eigenvalue weighted by atomic mass is 10.3. The van der Waals surface area contributed by atoms with Crippen LogP contribution in [0.25, 0.3) is 0 Å². The Kier molecular flexibility index (Phi) is 3.09. The fourth-order valence-electron chi connectivity index (χ4n) is 1.66. The smallest absolute Gasteiger partial charge is 0.0938 e. The van der Waals surface area contributed by atoms with E-state index in [2.05, 4.69) is 0 Å². The zero-order chi connectivity index (χ0) is 10.1. The minimum absolute atomic E-state index is 0.536. The lowest BCUT2D eigenvalue weighted by Gasteiger charge is -2.12. The highest BCUT2D eigenvalue weighted by molar-refractivity contribution is 7.14. The number of nitrogens with zero attached hydrogens (tertiary/aromatic N) is 1. The summed E-state index contributed by atoms with van der Waals surface area (Å²) < 4.78 is 0.778. The highest BCUT2D eigenvalue weighted by Gasteiger charge is 2.29. The van der Waals surface area contributed by atoms with E-state index < -0.39 is 12.2 Å². The van der Waals surface area contributed by atoms with E-state index in [1.54, 1.807) is 0 Å². The van der Waals surface area contributed by atoms with E-state index in [1.165, 1.54) is 11.3 Å². The van der Waals surface area contributed by atoms with Gasteiger partial charge in [0.2, 0.25) is 0 Å². The minimum Gasteiger partial charge on any atom is -0.389 e. The number of hydrogen-bond acceptors (Lipinski definition) is 4. The van der Waals surface area contributed by atoms with Crippen molar-refractivity contribution in [3.05, 3.63) is 21.3 Å². The van der Waals surface area contributed by atoms with Gasteiger partial charge in [0.1, 0.15) is 0 Å². The Morgan fingerprint density at radius 3 is 2.57 bits per heavy atom. The van der Waals surface area contributed by atoms with Crippen LogP contribution < -0.4 is 0 Å². The van der Waals surface area contributed by atoms with E-state index in [0.717, 1.165) is 16.4 Å². The molecule has 2 heterocycles. The number of halogens is 1. The fourth-order valence-corrected chi connectivity index (χ4v) is 2.56. The van der Waals surface area contributed by atoms with Crippen molar-refractivity contribution in [2.45, 2.75) is 18.8 Å². The van der Waals surface area contributed by atoms with E-state index in [0.29, 0.717) is 13.1 Å². The number of rotatable bonds is 2. The summed E-state index contributed by atoms with van der Waals surface area (Å²) in [4.78, 5) is 2.02. The first-order valence-corrected chi connectivity index (χ1v) is 5.72. The summed E-state index contributed by atoms with van der Waals surface area (Å²) in [6.45, 7) is 1.82. The van der Waals surface area contributed by atoms with Crippen molar-refractivity contribution in [2.75, 3.05) is 13.1 Å². The molecule has 1 aliphatic heterocycles. The molecule has 0 aromatic carbocycles. The van der Waals surface area contributed by atoms with E-state index in [4.69, 9.17) is 11.6 Å². The van der Waals surface area contributed by atoms with E-state index in [1.807, 2.05) is 16.3 Å². The summed E-state index contributed by atoms with van der Waals surface area (Å²) in [5, 5.41) is 20.7. The fraction of sp³-hybridized carbons (Fsp3) is 0.556. The Labute approximate surface area is 91.5 Å². The molecular weight excluding hydrogens is 222 g/mol. The minimum atomic E-state index is -0.607. The maximum Gasteiger partial charge on any atom is 0.0938 e. The normalized spacial score (nSPS) is 28.5. The molecule has 2 rings (SSSR count). The Morgan fingerprint density at radius 1 is 1.43 bits per heavy atom. The summed E-state index contributed by atoms with van der Waals surface area (Å²) in [6.07, 6.45) is -1.21. The van der Waals surface area contributed by atoms with Crippen LogP contribution in [0, 0.1) is 0 Å². The molecule has 78 valence electrons. The van der Waals surface area contributed by atoms with Crippen LogP contribution in [0.5, 0.6) is 0 Å². The second-order valence-corrected chi connectivity index (χ2v) is 5.13. The standard InChI is InChI=1S/C9H12ClNO2S/c10-9-1-6(5-14-9)2-11-3-7(12)8(13)4-11/h1,5,7-8,12-13H,2-4H2/t7-,8+. The second kappa shape index (κ2) is 4.16. The highest BCUT2D eigenvalue weighted by Crippen LogP contribution is 2.22. The first-order chi connectivity index (χ1) is 6.65. The van der Waals surface area contributed by atoms with E-state index in [-0.39, 0.29) is 0 Å². The van der Waals surface area contributed by atoms with Crippen molar-refractivity contribution in [3.63, 3.8) is 0 Å². The van der Waals surface area contributed by atoms with Crippen LogP contribution in [0.2, 0.25) is 4.34 Å². The third-order valence-corrected chi connectivity index (χ3v) is 3.50. The maximum absolute atomic E-state index is 9.34. The van der Waals surface area contributed by atoms with Crippen molar-refractivity contribution in [3.8, 4) is 0 Å². The van der Waals surface area contributed by atoms with Gasteiger partial charge in [-0.3, -0.25) is 4.90 Å². The van der Waals surface area contributed by atoms with E-state index >= 15 is 0 Å². The van der Waals surface area contributed by atoms with Gasteiger partial charge < -0.3 is 10.2 Å². The molecule has 0 spiro atoms. The quantitative estimate of drug-likeness (QED) is 0.799. The van der Waals surface area contributed by atoms with Gasteiger partial charge in [-0.1, -0.05) is 11.6 Å². The summed E-state index contributed by atoms with van der Waals surface area (Å²) in [5.41, 5.74) is 1.14. The van der Waals surface area contributed by atoms with E-state index in [9.17, 15) is 10.2 Å². The van der Waals surface area contributed by atoms with Crippen molar-refractivity contribution in [1.82, 2.24) is 4.90 Å². The maximum atomic E-state index is 9.34. The van der Waals surface area contributed by atoms with Gasteiger partial charge in [-0.15, -0.1) is 11.3 Å². The molecule has 0 aliphatic carbocycles. The molecular formula is C9H12ClNO2S. The van der Waals surface area contributed by atoms with Crippen LogP contribution in [0.4, 0.5) is 0 Å². The summed E-state index contributed by atoms with van der Waals surface area (Å²) in [5.74, 6) is 0. The molecule has 0 bridgehead atoms. The van der Waals surface area contributed by atoms with Gasteiger partial charge >= 0.3 is 0 Å². The van der Waals surface area contributed by atoms with Gasteiger partial charge in [0.15, 0.2) is 0 Å². The zero-order valence-electron chi connectivity index (χ0n) is 7.56. The van der Waals surface area contributed by atoms with Crippen LogP contribution in [0.15, 0.2) is 11.4 Å². The van der Waals surface area contributed by atoms with Crippen molar-refractivity contribution < 1.29 is 10.2 Å². The second-order valence-electron chi connectivity index (χ2n) is 3.59. The third kappa shape index (κ3) is 2.27. The Morgan fingerprint density at radius 2 is 2.07 bits per heavy atom. The Bertz CT molecular complexity index is 308. The van der Waals surface area contributed by atoms with Gasteiger partial charge in [-0.2, -0.15) is 0 Å². The molecule has 1 aromatic rings. The molecule has 0 radical (unpaired) electrons. The first kappa shape index (κ1) is 10.4. The average molecular weight is 234 g/mol. The van der Waals surface area contributed by atoms with Crippen LogP contribution >= 0.6 is 22.9 Å². The lowest BCUT2D eigenvalue weighted by molar-refractivity contribution is 0.0572. The number of aliphatic hydroxyl groups excluding tert-OH is 2. The molecule has 0 saturated carbocycles. The third-order valence-electron chi connectivity index (χ3n) is 2.36. The largest absolute Gasteiger partial charge is 0.389 e. The first-order valence-electron chi connectivity index (χ1n) is 4.46. The van der Waals surface area contributed by atoms with Crippen LogP contribution in [-0.2, 0) is 6.54 Å². The topological polar surface area (TPSA) is 43.7 Å². The lowest BCUT2D eigenvalue weighted by Crippen LogP contribution is -2.22. The van der Waals surface area contributed by atoms with Gasteiger partial charge in [-0.05, 0) is 17.0 Å². The van der Waals surface area contributed by atoms with Crippen molar-refractivity contribution >= 4 is 22.9 Å².